The van der Waals surface area contributed by atoms with Gasteiger partial charge in [-0.1, -0.05) is 18.2 Å². The van der Waals surface area contributed by atoms with Gasteiger partial charge >= 0.3 is 0 Å². The Morgan fingerprint density at radius 2 is 1.73 bits per heavy atom. The lowest BCUT2D eigenvalue weighted by molar-refractivity contribution is -0.123. The van der Waals surface area contributed by atoms with Crippen LogP contribution in [0.1, 0.15) is 24.1 Å². The maximum Gasteiger partial charge on any atom is 0.234 e. The number of methoxy groups -OCH3 is 1. The number of hydrogen-bond acceptors (Lipinski definition) is 6. The molecule has 160 valence electrons. The molecule has 2 aliphatic heterocycles. The highest BCUT2D eigenvalue weighted by molar-refractivity contribution is 5.78. The third-order valence-electron chi connectivity index (χ3n) is 5.67. The average Bonchev–Trinajstić information content (AvgIpc) is 3.23. The number of hydrogen-bond donors (Lipinski definition) is 1. The van der Waals surface area contributed by atoms with Gasteiger partial charge in [-0.15, -0.1) is 0 Å². The summed E-state index contributed by atoms with van der Waals surface area (Å²) < 4.78 is 16.0. The summed E-state index contributed by atoms with van der Waals surface area (Å²) in [6.07, 6.45) is 0. The van der Waals surface area contributed by atoms with Crippen molar-refractivity contribution < 1.29 is 19.0 Å². The van der Waals surface area contributed by atoms with Gasteiger partial charge in [0.25, 0.3) is 0 Å². The Morgan fingerprint density at radius 1 is 1.03 bits per heavy atom. The van der Waals surface area contributed by atoms with E-state index in [-0.39, 0.29) is 18.7 Å². The Bertz CT molecular complexity index is 863. The quantitative estimate of drug-likeness (QED) is 0.755. The molecule has 2 aromatic carbocycles. The maximum absolute atomic E-state index is 12.5. The number of nitrogens with zero attached hydrogens (tertiary/aromatic N) is 2. The molecule has 0 unspecified atom stereocenters. The maximum atomic E-state index is 12.5. The van der Waals surface area contributed by atoms with Gasteiger partial charge in [-0.25, -0.2) is 0 Å². The summed E-state index contributed by atoms with van der Waals surface area (Å²) in [6, 6.07) is 13.9. The number of fused-ring (bicyclic) bond motifs is 1. The molecule has 0 aliphatic carbocycles. The van der Waals surface area contributed by atoms with Gasteiger partial charge in [-0.2, -0.15) is 0 Å². The van der Waals surface area contributed by atoms with E-state index in [2.05, 4.69) is 27.2 Å². The molecule has 1 atom stereocenters. The van der Waals surface area contributed by atoms with E-state index in [1.165, 1.54) is 5.56 Å². The molecule has 7 heteroatoms. The van der Waals surface area contributed by atoms with Crippen LogP contribution in [-0.4, -0.2) is 62.3 Å². The fraction of sp³-hybridized carbons (Fsp3) is 0.435. The highest BCUT2D eigenvalue weighted by atomic mass is 16.7. The molecule has 2 aliphatic rings. The van der Waals surface area contributed by atoms with E-state index in [1.807, 2.05) is 37.3 Å². The van der Waals surface area contributed by atoms with Crippen molar-refractivity contribution in [2.75, 3.05) is 46.6 Å². The standard InChI is InChI=1S/C23H29N3O4/c1-17(19-5-8-21-22(13-19)30-16-29-21)24-23(27)15-26-11-9-25(10-12-26)14-18-3-6-20(28-2)7-4-18/h3-8,13,17H,9-12,14-16H2,1-2H3,(H,24,27)/t17-/m0/s1. The topological polar surface area (TPSA) is 63.3 Å². The van der Waals surface area contributed by atoms with Crippen LogP contribution >= 0.6 is 0 Å². The van der Waals surface area contributed by atoms with E-state index in [9.17, 15) is 4.79 Å². The number of benzene rings is 2. The largest absolute Gasteiger partial charge is 0.497 e. The Hall–Kier alpha value is -2.77. The molecular formula is C23H29N3O4. The Balaban J connectivity index is 1.21. The molecule has 30 heavy (non-hydrogen) atoms. The van der Waals surface area contributed by atoms with Crippen molar-refractivity contribution in [1.82, 2.24) is 15.1 Å². The van der Waals surface area contributed by atoms with Crippen LogP contribution in [0.3, 0.4) is 0 Å². The predicted octanol–water partition coefficient (Wildman–Crippen LogP) is 2.42. The van der Waals surface area contributed by atoms with Crippen LogP contribution in [0.4, 0.5) is 0 Å². The number of rotatable bonds is 7. The van der Waals surface area contributed by atoms with E-state index >= 15 is 0 Å². The fourth-order valence-electron chi connectivity index (χ4n) is 3.85. The van der Waals surface area contributed by atoms with Crippen molar-refractivity contribution in [3.8, 4) is 17.2 Å². The lowest BCUT2D eigenvalue weighted by Crippen LogP contribution is -2.49. The Kier molecular flexibility index (Phi) is 6.40. The second-order valence-electron chi connectivity index (χ2n) is 7.80. The third kappa shape index (κ3) is 5.04. The summed E-state index contributed by atoms with van der Waals surface area (Å²) >= 11 is 0. The van der Waals surface area contributed by atoms with Crippen LogP contribution in [0.25, 0.3) is 0 Å². The molecule has 4 rings (SSSR count). The number of ether oxygens (including phenoxy) is 3. The van der Waals surface area contributed by atoms with Crippen LogP contribution in [-0.2, 0) is 11.3 Å². The first-order valence-corrected chi connectivity index (χ1v) is 10.4. The molecule has 0 bridgehead atoms. The van der Waals surface area contributed by atoms with Gasteiger partial charge in [-0.05, 0) is 42.3 Å². The molecule has 1 saturated heterocycles. The summed E-state index contributed by atoms with van der Waals surface area (Å²) in [5, 5.41) is 3.09. The van der Waals surface area contributed by atoms with Crippen LogP contribution in [0.15, 0.2) is 42.5 Å². The smallest absolute Gasteiger partial charge is 0.234 e. The van der Waals surface area contributed by atoms with Crippen molar-refractivity contribution >= 4 is 5.91 Å². The number of amides is 1. The van der Waals surface area contributed by atoms with Crippen LogP contribution in [0.5, 0.6) is 17.2 Å². The van der Waals surface area contributed by atoms with Crippen molar-refractivity contribution in [3.05, 3.63) is 53.6 Å². The van der Waals surface area contributed by atoms with E-state index in [0.29, 0.717) is 6.54 Å². The molecule has 1 fully saturated rings. The third-order valence-corrected chi connectivity index (χ3v) is 5.67. The minimum atomic E-state index is -0.0802. The van der Waals surface area contributed by atoms with E-state index in [0.717, 1.165) is 55.5 Å². The number of carbonyl (C=O) groups is 1. The minimum absolute atomic E-state index is 0.0452. The number of nitrogens with one attached hydrogen (secondary N) is 1. The molecule has 0 aromatic heterocycles. The summed E-state index contributed by atoms with van der Waals surface area (Å²) in [4.78, 5) is 17.2. The molecule has 1 N–H and O–H groups in total. The Morgan fingerprint density at radius 3 is 2.47 bits per heavy atom. The van der Waals surface area contributed by atoms with Crippen LogP contribution in [0, 0.1) is 0 Å². The molecule has 0 radical (unpaired) electrons. The van der Waals surface area contributed by atoms with Crippen molar-refractivity contribution in [2.45, 2.75) is 19.5 Å². The molecular weight excluding hydrogens is 382 g/mol. The van der Waals surface area contributed by atoms with E-state index in [4.69, 9.17) is 14.2 Å². The number of carbonyl (C=O) groups excluding carboxylic acids is 1. The lowest BCUT2D eigenvalue weighted by atomic mass is 10.1. The molecule has 2 aromatic rings. The van der Waals surface area contributed by atoms with Gasteiger partial charge in [0.2, 0.25) is 12.7 Å². The molecule has 0 saturated carbocycles. The summed E-state index contributed by atoms with van der Waals surface area (Å²) in [5.74, 6) is 2.42. The summed E-state index contributed by atoms with van der Waals surface area (Å²) in [7, 11) is 1.68. The zero-order valence-corrected chi connectivity index (χ0v) is 17.6. The van der Waals surface area contributed by atoms with E-state index < -0.39 is 0 Å². The van der Waals surface area contributed by atoms with Gasteiger partial charge in [0, 0.05) is 32.7 Å². The molecule has 7 nitrogen and oxygen atoms in total. The lowest BCUT2D eigenvalue weighted by Gasteiger charge is -2.34. The molecule has 0 spiro atoms. The highest BCUT2D eigenvalue weighted by Crippen LogP contribution is 2.34. The van der Waals surface area contributed by atoms with Gasteiger partial charge in [0.1, 0.15) is 5.75 Å². The SMILES string of the molecule is COc1ccc(CN2CCN(CC(=O)N[C@@H](C)c3ccc4c(c3)OCO4)CC2)cc1. The first-order valence-electron chi connectivity index (χ1n) is 10.4. The predicted molar refractivity (Wildman–Crippen MR) is 114 cm³/mol. The first-order chi connectivity index (χ1) is 14.6. The van der Waals surface area contributed by atoms with Crippen molar-refractivity contribution in [2.24, 2.45) is 0 Å². The Labute approximate surface area is 177 Å². The second kappa shape index (κ2) is 9.36. The van der Waals surface area contributed by atoms with E-state index in [1.54, 1.807) is 7.11 Å². The van der Waals surface area contributed by atoms with Crippen LogP contribution in [0.2, 0.25) is 0 Å². The van der Waals surface area contributed by atoms with Gasteiger partial charge in [0.15, 0.2) is 11.5 Å². The average molecular weight is 412 g/mol. The number of piperazine rings is 1. The molecule has 2 heterocycles. The van der Waals surface area contributed by atoms with Gasteiger partial charge in [-0.3, -0.25) is 14.6 Å². The van der Waals surface area contributed by atoms with Gasteiger partial charge < -0.3 is 19.5 Å². The highest BCUT2D eigenvalue weighted by Gasteiger charge is 2.21. The normalized spacial score (nSPS) is 17.5. The zero-order chi connectivity index (χ0) is 20.9. The summed E-state index contributed by atoms with van der Waals surface area (Å²) in [5.41, 5.74) is 2.29. The zero-order valence-electron chi connectivity index (χ0n) is 17.6. The monoisotopic (exact) mass is 411 g/mol. The summed E-state index contributed by atoms with van der Waals surface area (Å²) in [6.45, 7) is 7.28. The second-order valence-corrected chi connectivity index (χ2v) is 7.80. The van der Waals surface area contributed by atoms with Crippen LogP contribution < -0.4 is 19.5 Å². The molecule has 1 amide bonds. The minimum Gasteiger partial charge on any atom is -0.497 e. The van der Waals surface area contributed by atoms with Crippen molar-refractivity contribution in [3.63, 3.8) is 0 Å². The fourth-order valence-corrected chi connectivity index (χ4v) is 3.85. The van der Waals surface area contributed by atoms with Gasteiger partial charge in [0.05, 0.1) is 19.7 Å². The first kappa shape index (κ1) is 20.5. The van der Waals surface area contributed by atoms with Crippen molar-refractivity contribution in [1.29, 1.82) is 0 Å².